The molecule has 0 amide bonds. The lowest BCUT2D eigenvalue weighted by atomic mass is 9.79. The van der Waals surface area contributed by atoms with Gasteiger partial charge >= 0.3 is 5.97 Å². The minimum absolute atomic E-state index is 0.0313. The van der Waals surface area contributed by atoms with Crippen LogP contribution in [0.15, 0.2) is 59.6 Å². The highest BCUT2D eigenvalue weighted by molar-refractivity contribution is 7.99. The van der Waals surface area contributed by atoms with Gasteiger partial charge in [-0.15, -0.1) is 11.8 Å². The van der Waals surface area contributed by atoms with Gasteiger partial charge in [-0.1, -0.05) is 12.1 Å². The van der Waals surface area contributed by atoms with Crippen LogP contribution in [0.4, 0.5) is 8.78 Å². The van der Waals surface area contributed by atoms with Gasteiger partial charge in [-0.25, -0.2) is 8.78 Å². The third kappa shape index (κ3) is 6.73. The molecule has 1 N–H and O–H groups in total. The molecular formula is C28H32F2N2O3S. The van der Waals surface area contributed by atoms with Crippen molar-refractivity contribution in [1.82, 2.24) is 9.88 Å². The fourth-order valence-corrected chi connectivity index (χ4v) is 6.05. The Morgan fingerprint density at radius 3 is 2.86 bits per heavy atom. The Bertz CT molecular complexity index is 1180. The molecule has 1 aliphatic rings. The van der Waals surface area contributed by atoms with Crippen molar-refractivity contribution in [2.24, 2.45) is 11.8 Å². The van der Waals surface area contributed by atoms with Gasteiger partial charge in [0.1, 0.15) is 17.7 Å². The van der Waals surface area contributed by atoms with Crippen LogP contribution in [-0.2, 0) is 4.79 Å². The molecule has 1 fully saturated rings. The number of carboxylic acids is 1. The summed E-state index contributed by atoms with van der Waals surface area (Å²) >= 11 is 1.48. The number of hydrogen-bond acceptors (Lipinski definition) is 5. The van der Waals surface area contributed by atoms with E-state index in [-0.39, 0.29) is 24.1 Å². The Kier molecular flexibility index (Phi) is 9.15. The number of alkyl halides is 1. The molecule has 1 aromatic heterocycles. The first-order valence-electron chi connectivity index (χ1n) is 12.3. The van der Waals surface area contributed by atoms with Gasteiger partial charge in [0.2, 0.25) is 0 Å². The zero-order chi connectivity index (χ0) is 25.5. The predicted octanol–water partition coefficient (Wildman–Crippen LogP) is 6.38. The third-order valence-corrected chi connectivity index (χ3v) is 8.05. The number of rotatable bonds is 11. The summed E-state index contributed by atoms with van der Waals surface area (Å²) in [6, 6.07) is 13.9. The van der Waals surface area contributed by atoms with Crippen molar-refractivity contribution >= 4 is 28.6 Å². The normalized spacial score (nSPS) is 19.3. The second-order valence-electron chi connectivity index (χ2n) is 9.31. The molecule has 5 nitrogen and oxygen atoms in total. The number of benzene rings is 2. The number of carboxylic acid groups (broad SMARTS) is 1. The average molecular weight is 515 g/mol. The molecule has 2 aromatic carbocycles. The molecule has 2 heterocycles. The number of methoxy groups -OCH3 is 1. The summed E-state index contributed by atoms with van der Waals surface area (Å²) < 4.78 is 34.6. The third-order valence-electron chi connectivity index (χ3n) is 7.02. The number of thioether (sulfide) groups is 1. The van der Waals surface area contributed by atoms with Gasteiger partial charge in [0.25, 0.3) is 0 Å². The number of aromatic nitrogens is 1. The van der Waals surface area contributed by atoms with Crippen molar-refractivity contribution in [3.8, 4) is 5.75 Å². The lowest BCUT2D eigenvalue weighted by Crippen LogP contribution is -2.42. The minimum atomic E-state index is -1.16. The SMILES string of the molecule is COc1ccc2nccc([C@H](F)CC[C@@H]3CCN(CCSc4ccccc4F)C[C@@H]3CC(=O)O)c2c1. The Hall–Kier alpha value is -2.71. The molecule has 36 heavy (non-hydrogen) atoms. The van der Waals surface area contributed by atoms with Crippen molar-refractivity contribution < 1.29 is 23.4 Å². The molecule has 1 aliphatic heterocycles. The van der Waals surface area contributed by atoms with Crippen LogP contribution < -0.4 is 4.74 Å². The smallest absolute Gasteiger partial charge is 0.303 e. The molecular weight excluding hydrogens is 482 g/mol. The number of fused-ring (bicyclic) bond motifs is 1. The highest BCUT2D eigenvalue weighted by atomic mass is 32.2. The number of piperidine rings is 1. The van der Waals surface area contributed by atoms with E-state index >= 15 is 4.39 Å². The topological polar surface area (TPSA) is 62.7 Å². The molecule has 0 bridgehead atoms. The van der Waals surface area contributed by atoms with Crippen LogP contribution in [0, 0.1) is 17.7 Å². The van der Waals surface area contributed by atoms with Crippen LogP contribution in [0.2, 0.25) is 0 Å². The van der Waals surface area contributed by atoms with Crippen LogP contribution in [0.3, 0.4) is 0 Å². The molecule has 0 aliphatic carbocycles. The van der Waals surface area contributed by atoms with E-state index in [1.807, 2.05) is 24.3 Å². The van der Waals surface area contributed by atoms with E-state index in [1.54, 1.807) is 31.5 Å². The maximum absolute atomic E-state index is 15.5. The van der Waals surface area contributed by atoms with Crippen molar-refractivity contribution in [3.63, 3.8) is 0 Å². The summed E-state index contributed by atoms with van der Waals surface area (Å²) in [4.78, 5) is 18.8. The number of likely N-dealkylation sites (tertiary alicyclic amines) is 1. The zero-order valence-corrected chi connectivity index (χ0v) is 21.2. The average Bonchev–Trinajstić information content (AvgIpc) is 2.88. The Morgan fingerprint density at radius 1 is 1.25 bits per heavy atom. The van der Waals surface area contributed by atoms with Gasteiger partial charge in [0.15, 0.2) is 0 Å². The van der Waals surface area contributed by atoms with Gasteiger partial charge in [-0.3, -0.25) is 9.78 Å². The van der Waals surface area contributed by atoms with Crippen molar-refractivity contribution in [3.05, 3.63) is 66.1 Å². The first-order chi connectivity index (χ1) is 17.4. The summed E-state index contributed by atoms with van der Waals surface area (Å²) in [6.07, 6.45) is 2.34. The van der Waals surface area contributed by atoms with Crippen LogP contribution in [-0.4, -0.2) is 53.5 Å². The van der Waals surface area contributed by atoms with Crippen LogP contribution in [0.25, 0.3) is 10.9 Å². The highest BCUT2D eigenvalue weighted by Crippen LogP contribution is 2.36. The minimum Gasteiger partial charge on any atom is -0.497 e. The first kappa shape index (κ1) is 26.4. The molecule has 8 heteroatoms. The molecule has 1 saturated heterocycles. The molecule has 3 aromatic rings. The highest BCUT2D eigenvalue weighted by Gasteiger charge is 2.31. The summed E-state index contributed by atoms with van der Waals surface area (Å²) in [7, 11) is 1.58. The van der Waals surface area contributed by atoms with E-state index in [9.17, 15) is 14.3 Å². The quantitative estimate of drug-likeness (QED) is 0.300. The van der Waals surface area contributed by atoms with E-state index in [2.05, 4.69) is 9.88 Å². The number of halogens is 2. The Labute approximate surface area is 214 Å². The second-order valence-corrected chi connectivity index (χ2v) is 10.5. The van der Waals surface area contributed by atoms with Gasteiger partial charge in [-0.05, 0) is 79.6 Å². The molecule has 3 atom stereocenters. The Morgan fingerprint density at radius 2 is 2.08 bits per heavy atom. The monoisotopic (exact) mass is 514 g/mol. The zero-order valence-electron chi connectivity index (χ0n) is 20.4. The number of hydrogen-bond donors (Lipinski definition) is 1. The van der Waals surface area contributed by atoms with Gasteiger partial charge < -0.3 is 14.7 Å². The van der Waals surface area contributed by atoms with E-state index in [4.69, 9.17) is 4.74 Å². The van der Waals surface area contributed by atoms with E-state index in [0.717, 1.165) is 36.2 Å². The summed E-state index contributed by atoms with van der Waals surface area (Å²) in [6.45, 7) is 2.27. The van der Waals surface area contributed by atoms with Crippen molar-refractivity contribution in [2.45, 2.75) is 36.8 Å². The van der Waals surface area contributed by atoms with Crippen LogP contribution in [0.5, 0.6) is 5.75 Å². The van der Waals surface area contributed by atoms with Gasteiger partial charge in [0, 0.05) is 41.7 Å². The number of pyridine rings is 1. The number of ether oxygens (including phenoxy) is 1. The molecule has 0 unspecified atom stereocenters. The molecule has 0 radical (unpaired) electrons. The Balaban J connectivity index is 1.35. The maximum atomic E-state index is 15.5. The van der Waals surface area contributed by atoms with E-state index in [0.29, 0.717) is 35.6 Å². The molecule has 0 saturated carbocycles. The molecule has 192 valence electrons. The fraction of sp³-hybridized carbons (Fsp3) is 0.429. The van der Waals surface area contributed by atoms with Crippen LogP contribution >= 0.6 is 11.8 Å². The lowest BCUT2D eigenvalue weighted by Gasteiger charge is -2.38. The standard InChI is InChI=1S/C28H32F2N2O3S/c1-35-21-7-9-26-23(17-21)22(10-12-31-26)24(29)8-6-19-11-13-32(18-20(19)16-28(33)34)14-15-36-27-5-3-2-4-25(27)30/h2-5,7,9-10,12,17,19-20,24H,6,8,11,13-16,18H2,1H3,(H,33,34)/t19-,20+,24-/m1/s1. The summed E-state index contributed by atoms with van der Waals surface area (Å²) in [5.74, 6) is 0.471. The lowest BCUT2D eigenvalue weighted by molar-refractivity contribution is -0.139. The van der Waals surface area contributed by atoms with E-state index < -0.39 is 12.1 Å². The number of nitrogens with zero attached hydrogens (tertiary/aromatic N) is 2. The largest absolute Gasteiger partial charge is 0.497 e. The fourth-order valence-electron chi connectivity index (χ4n) is 5.10. The molecule has 4 rings (SSSR count). The van der Waals surface area contributed by atoms with Gasteiger partial charge in [0.05, 0.1) is 12.6 Å². The first-order valence-corrected chi connectivity index (χ1v) is 13.3. The maximum Gasteiger partial charge on any atom is 0.303 e. The summed E-state index contributed by atoms with van der Waals surface area (Å²) in [5.41, 5.74) is 1.32. The van der Waals surface area contributed by atoms with E-state index in [1.165, 1.54) is 17.8 Å². The van der Waals surface area contributed by atoms with Crippen molar-refractivity contribution in [1.29, 1.82) is 0 Å². The molecule has 0 spiro atoms. The number of carbonyl (C=O) groups is 1. The number of aliphatic carboxylic acids is 1. The predicted molar refractivity (Wildman–Crippen MR) is 139 cm³/mol. The van der Waals surface area contributed by atoms with Gasteiger partial charge in [-0.2, -0.15) is 0 Å². The summed E-state index contributed by atoms with van der Waals surface area (Å²) in [5, 5.41) is 10.2. The van der Waals surface area contributed by atoms with Crippen LogP contribution in [0.1, 0.15) is 37.4 Å². The second kappa shape index (κ2) is 12.5. The van der Waals surface area contributed by atoms with Crippen molar-refractivity contribution in [2.75, 3.05) is 32.5 Å².